The lowest BCUT2D eigenvalue weighted by Crippen LogP contribution is -2.32. The maximum atomic E-state index is 14.5. The van der Waals surface area contributed by atoms with Crippen LogP contribution in [0, 0.1) is 19.7 Å². The zero-order valence-corrected chi connectivity index (χ0v) is 18.9. The number of fused-ring (bicyclic) bond motifs is 1. The van der Waals surface area contributed by atoms with Crippen molar-refractivity contribution in [1.29, 1.82) is 0 Å². The van der Waals surface area contributed by atoms with Gasteiger partial charge in [0, 0.05) is 35.9 Å². The van der Waals surface area contributed by atoms with Gasteiger partial charge in [-0.15, -0.1) is 0 Å². The molecule has 0 aliphatic carbocycles. The Labute approximate surface area is 186 Å². The number of carbonyl (C=O) groups excluding carboxylic acids is 1. The van der Waals surface area contributed by atoms with Crippen LogP contribution >= 0.6 is 0 Å². The van der Waals surface area contributed by atoms with Crippen LogP contribution in [-0.2, 0) is 0 Å². The van der Waals surface area contributed by atoms with Gasteiger partial charge in [0.15, 0.2) is 5.65 Å². The average Bonchev–Trinajstić information content (AvgIpc) is 2.69. The molecule has 32 heavy (non-hydrogen) atoms. The summed E-state index contributed by atoms with van der Waals surface area (Å²) in [5, 5.41) is 8.86. The normalized spacial score (nSPS) is 11.5. The number of aryl methyl sites for hydroxylation is 2. The second-order valence-corrected chi connectivity index (χ2v) is 8.25. The molecule has 2 heterocycles. The van der Waals surface area contributed by atoms with Crippen LogP contribution in [0.3, 0.4) is 0 Å². The number of pyridine rings is 1. The van der Waals surface area contributed by atoms with Crippen LogP contribution in [0.4, 0.5) is 25.2 Å². The van der Waals surface area contributed by atoms with Gasteiger partial charge in [0.2, 0.25) is 5.95 Å². The molecular weight excluding hydrogens is 414 g/mol. The van der Waals surface area contributed by atoms with Gasteiger partial charge >= 0.3 is 6.03 Å². The Hall–Kier alpha value is -3.36. The van der Waals surface area contributed by atoms with E-state index in [1.807, 2.05) is 19.9 Å². The highest BCUT2D eigenvalue weighted by molar-refractivity contribution is 5.91. The minimum absolute atomic E-state index is 0.0286. The van der Waals surface area contributed by atoms with Gasteiger partial charge in [-0.05, 0) is 70.4 Å². The summed E-state index contributed by atoms with van der Waals surface area (Å²) in [4.78, 5) is 25.5. The van der Waals surface area contributed by atoms with Crippen LogP contribution < -0.4 is 16.0 Å². The first-order chi connectivity index (χ1) is 15.1. The number of benzene rings is 1. The van der Waals surface area contributed by atoms with Crippen molar-refractivity contribution in [1.82, 2.24) is 20.3 Å². The number of urea groups is 1. The van der Waals surface area contributed by atoms with Crippen molar-refractivity contribution in [2.24, 2.45) is 0 Å². The third-order valence-corrected chi connectivity index (χ3v) is 4.95. The van der Waals surface area contributed by atoms with Crippen LogP contribution in [0.15, 0.2) is 24.4 Å². The number of hydrogen-bond acceptors (Lipinski definition) is 5. The van der Waals surface area contributed by atoms with E-state index < -0.39 is 17.5 Å². The fourth-order valence-corrected chi connectivity index (χ4v) is 3.27. The summed E-state index contributed by atoms with van der Waals surface area (Å²) in [5.74, 6) is -0.0523. The number of aromatic nitrogens is 3. The van der Waals surface area contributed by atoms with E-state index in [2.05, 4.69) is 30.9 Å². The van der Waals surface area contributed by atoms with Crippen LogP contribution in [0.5, 0.6) is 0 Å². The molecule has 0 spiro atoms. The molecule has 2 amide bonds. The van der Waals surface area contributed by atoms with Crippen molar-refractivity contribution in [3.05, 3.63) is 41.5 Å². The van der Waals surface area contributed by atoms with E-state index in [0.29, 0.717) is 29.4 Å². The van der Waals surface area contributed by atoms with Gasteiger partial charge in [0.25, 0.3) is 0 Å². The van der Waals surface area contributed by atoms with Crippen LogP contribution in [0.1, 0.15) is 38.4 Å². The summed E-state index contributed by atoms with van der Waals surface area (Å²) in [7, 11) is 0. The molecule has 3 rings (SSSR count). The summed E-state index contributed by atoms with van der Waals surface area (Å²) in [6, 6.07) is 4.25. The van der Waals surface area contributed by atoms with Gasteiger partial charge in [-0.1, -0.05) is 0 Å². The highest BCUT2D eigenvalue weighted by Crippen LogP contribution is 2.32. The topological polar surface area (TPSA) is 91.8 Å². The number of halogens is 2. The lowest BCUT2D eigenvalue weighted by Gasteiger charge is -2.16. The van der Waals surface area contributed by atoms with Crippen LogP contribution in [-0.4, -0.2) is 39.7 Å². The molecule has 170 valence electrons. The molecule has 0 aliphatic heterocycles. The Balaban J connectivity index is 1.89. The minimum atomic E-state index is -1.40. The number of alkyl halides is 1. The summed E-state index contributed by atoms with van der Waals surface area (Å²) < 4.78 is 28.1. The molecule has 3 aromatic rings. The van der Waals surface area contributed by atoms with E-state index in [-0.39, 0.29) is 18.7 Å². The van der Waals surface area contributed by atoms with Crippen molar-refractivity contribution in [3.8, 4) is 11.1 Å². The summed E-state index contributed by atoms with van der Waals surface area (Å²) in [6.07, 6.45) is 1.84. The first-order valence-electron chi connectivity index (χ1n) is 10.5. The summed E-state index contributed by atoms with van der Waals surface area (Å²) in [5.41, 5.74) is 2.13. The number of rotatable bonds is 7. The Morgan fingerprint density at radius 3 is 2.56 bits per heavy atom. The van der Waals surface area contributed by atoms with Gasteiger partial charge in [-0.25, -0.2) is 23.5 Å². The molecule has 2 aromatic heterocycles. The molecule has 0 aliphatic rings. The third kappa shape index (κ3) is 5.66. The lowest BCUT2D eigenvalue weighted by atomic mass is 9.97. The van der Waals surface area contributed by atoms with Gasteiger partial charge in [0.1, 0.15) is 11.5 Å². The van der Waals surface area contributed by atoms with Crippen molar-refractivity contribution in [3.63, 3.8) is 0 Å². The number of amides is 2. The van der Waals surface area contributed by atoms with Gasteiger partial charge in [-0.2, -0.15) is 4.98 Å². The number of nitrogens with one attached hydrogen (secondary N) is 3. The van der Waals surface area contributed by atoms with Crippen molar-refractivity contribution in [2.75, 3.05) is 23.7 Å². The predicted octanol–water partition coefficient (Wildman–Crippen LogP) is 5.14. The zero-order chi connectivity index (χ0) is 23.5. The standard InChI is InChI=1S/C23H28F2N6O/c1-6-26-21-28-12-15-10-17(14(3)29-20(15)31-21)16-11-19(18(24)9-13(16)2)30-22(32)27-8-7-23(4,5)25/h9-12H,6-8H2,1-5H3,(H2,27,30,32)(H,26,28,29,31). The fourth-order valence-electron chi connectivity index (χ4n) is 3.27. The van der Waals surface area contributed by atoms with Gasteiger partial charge < -0.3 is 16.0 Å². The lowest BCUT2D eigenvalue weighted by molar-refractivity contribution is 0.200. The maximum Gasteiger partial charge on any atom is 0.319 e. The number of hydrogen-bond donors (Lipinski definition) is 3. The molecule has 0 unspecified atom stereocenters. The molecule has 3 N–H and O–H groups in total. The van der Waals surface area contributed by atoms with Gasteiger partial charge in [0.05, 0.1) is 5.69 Å². The molecule has 0 radical (unpaired) electrons. The number of nitrogens with zero attached hydrogens (tertiary/aromatic N) is 3. The molecule has 0 saturated carbocycles. The smallest absolute Gasteiger partial charge is 0.319 e. The molecule has 7 nitrogen and oxygen atoms in total. The zero-order valence-electron chi connectivity index (χ0n) is 18.9. The molecule has 0 atom stereocenters. The quantitative estimate of drug-likeness (QED) is 0.471. The van der Waals surface area contributed by atoms with E-state index in [0.717, 1.165) is 16.5 Å². The maximum absolute atomic E-state index is 14.5. The summed E-state index contributed by atoms with van der Waals surface area (Å²) >= 11 is 0. The van der Waals surface area contributed by atoms with E-state index in [1.165, 1.54) is 19.9 Å². The molecule has 0 bridgehead atoms. The molecule has 1 aromatic carbocycles. The second kappa shape index (κ2) is 9.42. The van der Waals surface area contributed by atoms with Crippen molar-refractivity contribution >= 4 is 28.7 Å². The van der Waals surface area contributed by atoms with E-state index in [9.17, 15) is 13.6 Å². The Morgan fingerprint density at radius 1 is 1.12 bits per heavy atom. The van der Waals surface area contributed by atoms with Crippen molar-refractivity contribution < 1.29 is 13.6 Å². The minimum Gasteiger partial charge on any atom is -0.354 e. The predicted molar refractivity (Wildman–Crippen MR) is 123 cm³/mol. The molecule has 9 heteroatoms. The van der Waals surface area contributed by atoms with E-state index >= 15 is 0 Å². The Bertz CT molecular complexity index is 1140. The van der Waals surface area contributed by atoms with Crippen molar-refractivity contribution in [2.45, 2.75) is 46.7 Å². The number of carbonyl (C=O) groups is 1. The Morgan fingerprint density at radius 2 is 1.88 bits per heavy atom. The highest BCUT2D eigenvalue weighted by Gasteiger charge is 2.17. The first kappa shape index (κ1) is 23.3. The SMILES string of the molecule is CCNc1ncc2cc(-c3cc(NC(=O)NCCC(C)(C)F)c(F)cc3C)c(C)nc2n1. The average molecular weight is 443 g/mol. The van der Waals surface area contributed by atoms with Gasteiger partial charge in [-0.3, -0.25) is 0 Å². The monoisotopic (exact) mass is 442 g/mol. The Kier molecular flexibility index (Phi) is 6.86. The first-order valence-corrected chi connectivity index (χ1v) is 10.5. The summed E-state index contributed by atoms with van der Waals surface area (Å²) in [6.45, 7) is 9.31. The van der Waals surface area contributed by atoms with E-state index in [4.69, 9.17) is 0 Å². The highest BCUT2D eigenvalue weighted by atomic mass is 19.1. The molecule has 0 saturated heterocycles. The molecular formula is C23H28F2N6O. The number of anilines is 2. The fraction of sp³-hybridized carbons (Fsp3) is 0.391. The third-order valence-electron chi connectivity index (χ3n) is 4.95. The van der Waals surface area contributed by atoms with E-state index in [1.54, 1.807) is 19.2 Å². The van der Waals surface area contributed by atoms with Crippen LogP contribution in [0.2, 0.25) is 0 Å². The van der Waals surface area contributed by atoms with Crippen LogP contribution in [0.25, 0.3) is 22.2 Å². The second-order valence-electron chi connectivity index (χ2n) is 8.25. The molecule has 0 fully saturated rings. The largest absolute Gasteiger partial charge is 0.354 e.